The first-order chi connectivity index (χ1) is 13.5. The molecule has 0 aliphatic heterocycles. The molecule has 0 radical (unpaired) electrons. The molecular weight excluding hydrogens is 394 g/mol. The summed E-state index contributed by atoms with van der Waals surface area (Å²) < 4.78 is 5.48. The summed E-state index contributed by atoms with van der Waals surface area (Å²) in [6, 6.07) is 6.08. The Morgan fingerprint density at radius 3 is 2.93 bits per heavy atom. The van der Waals surface area contributed by atoms with Gasteiger partial charge < -0.3 is 15.4 Å². The highest BCUT2D eigenvalue weighted by molar-refractivity contribution is 7.16. The molecule has 2 aromatic rings. The number of anilines is 1. The van der Waals surface area contributed by atoms with E-state index in [0.29, 0.717) is 29.8 Å². The normalized spacial score (nSPS) is 15.9. The smallest absolute Gasteiger partial charge is 0.407 e. The van der Waals surface area contributed by atoms with Crippen molar-refractivity contribution in [1.29, 1.82) is 5.26 Å². The maximum atomic E-state index is 12.2. The summed E-state index contributed by atoms with van der Waals surface area (Å²) in [6.45, 7) is 3.75. The zero-order valence-electron chi connectivity index (χ0n) is 15.7. The molecule has 1 unspecified atom stereocenters. The molecule has 1 atom stereocenters. The van der Waals surface area contributed by atoms with Gasteiger partial charge in [0.15, 0.2) is 0 Å². The van der Waals surface area contributed by atoms with Crippen molar-refractivity contribution in [3.63, 3.8) is 0 Å². The van der Waals surface area contributed by atoms with E-state index in [4.69, 9.17) is 4.74 Å². The second-order valence-corrected chi connectivity index (χ2v) is 8.81. The number of ether oxygens (including phenoxy) is 1. The van der Waals surface area contributed by atoms with Crippen molar-refractivity contribution < 1.29 is 14.3 Å². The lowest BCUT2D eigenvalue weighted by molar-refractivity contribution is -0.111. The Labute approximate surface area is 171 Å². The molecule has 1 aliphatic rings. The van der Waals surface area contributed by atoms with E-state index in [2.05, 4.69) is 16.7 Å². The molecule has 0 fully saturated rings. The van der Waals surface area contributed by atoms with E-state index in [1.54, 1.807) is 17.4 Å². The molecule has 3 rings (SSSR count). The summed E-state index contributed by atoms with van der Waals surface area (Å²) in [4.78, 5) is 26.0. The van der Waals surface area contributed by atoms with E-state index < -0.39 is 6.09 Å². The van der Waals surface area contributed by atoms with Crippen molar-refractivity contribution in [1.82, 2.24) is 5.32 Å². The van der Waals surface area contributed by atoms with Crippen molar-refractivity contribution in [3.05, 3.63) is 44.5 Å². The van der Waals surface area contributed by atoms with Gasteiger partial charge in [-0.15, -0.1) is 22.7 Å². The summed E-state index contributed by atoms with van der Waals surface area (Å²) in [6.07, 6.45) is 4.43. The third kappa shape index (κ3) is 5.00. The van der Waals surface area contributed by atoms with Crippen LogP contribution in [0.5, 0.6) is 0 Å². The molecule has 0 spiro atoms. The number of thiophene rings is 2. The van der Waals surface area contributed by atoms with Crippen LogP contribution in [-0.2, 0) is 22.4 Å². The highest BCUT2D eigenvalue weighted by Crippen LogP contribution is 2.38. The highest BCUT2D eigenvalue weighted by Gasteiger charge is 2.28. The molecule has 0 bridgehead atoms. The molecular formula is C20H21N3O3S2. The van der Waals surface area contributed by atoms with Gasteiger partial charge in [0.1, 0.15) is 17.2 Å². The second-order valence-electron chi connectivity index (χ2n) is 6.73. The standard InChI is InChI=1S/C20H21N3O3S2/c1-12(2)22-20(25)26-13-5-7-15-16(11-21)19(28-17(15)10-13)23-18(24)8-6-14-4-3-9-27-14/h3-4,6,8-9,12-13H,5,7,10H2,1-2H3,(H,22,25)(H,23,24). The molecule has 2 aromatic heterocycles. The first-order valence-corrected chi connectivity index (χ1v) is 10.7. The van der Waals surface area contributed by atoms with Gasteiger partial charge in [-0.25, -0.2) is 4.79 Å². The molecule has 0 saturated heterocycles. The number of alkyl carbamates (subject to hydrolysis) is 1. The van der Waals surface area contributed by atoms with Gasteiger partial charge in [0.05, 0.1) is 5.56 Å². The summed E-state index contributed by atoms with van der Waals surface area (Å²) in [5.74, 6) is -0.271. The van der Waals surface area contributed by atoms with E-state index in [0.717, 1.165) is 15.3 Å². The van der Waals surface area contributed by atoms with Crippen molar-refractivity contribution in [2.24, 2.45) is 0 Å². The Hall–Kier alpha value is -2.63. The molecule has 0 saturated carbocycles. The van der Waals surface area contributed by atoms with E-state index in [1.807, 2.05) is 31.4 Å². The zero-order chi connectivity index (χ0) is 20.1. The molecule has 2 N–H and O–H groups in total. The molecule has 6 nitrogen and oxygen atoms in total. The molecule has 0 aromatic carbocycles. The average molecular weight is 416 g/mol. The lowest BCUT2D eigenvalue weighted by atomic mass is 9.94. The summed E-state index contributed by atoms with van der Waals surface area (Å²) in [5, 5.41) is 17.6. The minimum Gasteiger partial charge on any atom is -0.446 e. The largest absolute Gasteiger partial charge is 0.446 e. The predicted molar refractivity (Wildman–Crippen MR) is 112 cm³/mol. The number of nitrogens with one attached hydrogen (secondary N) is 2. The SMILES string of the molecule is CC(C)NC(=O)OC1CCc2c(sc(NC(=O)C=Cc3cccs3)c2C#N)C1. The van der Waals surface area contributed by atoms with Crippen molar-refractivity contribution in [2.75, 3.05) is 5.32 Å². The van der Waals surface area contributed by atoms with Gasteiger partial charge in [0, 0.05) is 28.3 Å². The van der Waals surface area contributed by atoms with E-state index in [-0.39, 0.29) is 18.1 Å². The van der Waals surface area contributed by atoms with Gasteiger partial charge in [-0.05, 0) is 49.8 Å². The minimum absolute atomic E-state index is 0.0163. The van der Waals surface area contributed by atoms with E-state index in [9.17, 15) is 14.9 Å². The molecule has 8 heteroatoms. The summed E-state index contributed by atoms with van der Waals surface area (Å²) >= 11 is 2.93. The Balaban J connectivity index is 1.68. The number of carbonyl (C=O) groups excluding carboxylic acids is 2. The van der Waals surface area contributed by atoms with Crippen LogP contribution in [0.2, 0.25) is 0 Å². The molecule has 146 valence electrons. The minimum atomic E-state index is -0.423. The van der Waals surface area contributed by atoms with Crippen LogP contribution in [0.15, 0.2) is 23.6 Å². The van der Waals surface area contributed by atoms with Crippen molar-refractivity contribution in [3.8, 4) is 6.07 Å². The number of rotatable bonds is 5. The van der Waals surface area contributed by atoms with Crippen molar-refractivity contribution >= 4 is 45.8 Å². The Morgan fingerprint density at radius 2 is 2.25 bits per heavy atom. The van der Waals surface area contributed by atoms with E-state index in [1.165, 1.54) is 17.4 Å². The van der Waals surface area contributed by atoms with Gasteiger partial charge in [-0.1, -0.05) is 6.07 Å². The number of carbonyl (C=O) groups is 2. The third-order valence-corrected chi connectivity index (χ3v) is 6.20. The first kappa shape index (κ1) is 20.1. The Kier molecular flexibility index (Phi) is 6.49. The molecule has 1 aliphatic carbocycles. The fourth-order valence-corrected chi connectivity index (χ4v) is 4.86. The summed E-state index contributed by atoms with van der Waals surface area (Å²) in [7, 11) is 0. The van der Waals surface area contributed by atoms with E-state index >= 15 is 0 Å². The van der Waals surface area contributed by atoms with Crippen LogP contribution in [0.4, 0.5) is 9.80 Å². The third-order valence-electron chi connectivity index (χ3n) is 4.19. The molecule has 2 amide bonds. The summed E-state index contributed by atoms with van der Waals surface area (Å²) in [5.41, 5.74) is 1.47. The predicted octanol–water partition coefficient (Wildman–Crippen LogP) is 4.33. The number of hydrogen-bond donors (Lipinski definition) is 2. The maximum Gasteiger partial charge on any atom is 0.407 e. The number of nitrogens with zero attached hydrogens (tertiary/aromatic N) is 1. The van der Waals surface area contributed by atoms with Crippen LogP contribution in [0.25, 0.3) is 6.08 Å². The lowest BCUT2D eigenvalue weighted by Crippen LogP contribution is -2.35. The van der Waals surface area contributed by atoms with Crippen LogP contribution in [0.1, 0.15) is 41.1 Å². The van der Waals surface area contributed by atoms with Crippen LogP contribution in [0, 0.1) is 11.3 Å². The average Bonchev–Trinajstić information content (AvgIpc) is 3.25. The number of fused-ring (bicyclic) bond motifs is 1. The zero-order valence-corrected chi connectivity index (χ0v) is 17.3. The fourth-order valence-electron chi connectivity index (χ4n) is 2.98. The molecule has 2 heterocycles. The Morgan fingerprint density at radius 1 is 1.43 bits per heavy atom. The van der Waals surface area contributed by atoms with Crippen LogP contribution >= 0.6 is 22.7 Å². The fraction of sp³-hybridized carbons (Fsp3) is 0.350. The molecule has 28 heavy (non-hydrogen) atoms. The Bertz CT molecular complexity index is 923. The number of amides is 2. The van der Waals surface area contributed by atoms with Gasteiger partial charge in [-0.2, -0.15) is 5.26 Å². The van der Waals surface area contributed by atoms with Gasteiger partial charge in [0.25, 0.3) is 0 Å². The highest BCUT2D eigenvalue weighted by atomic mass is 32.1. The number of hydrogen-bond acceptors (Lipinski definition) is 6. The second kappa shape index (κ2) is 9.04. The number of nitriles is 1. The lowest BCUT2D eigenvalue weighted by Gasteiger charge is -2.23. The van der Waals surface area contributed by atoms with Crippen LogP contribution < -0.4 is 10.6 Å². The quantitative estimate of drug-likeness (QED) is 0.711. The maximum absolute atomic E-state index is 12.2. The monoisotopic (exact) mass is 415 g/mol. The topological polar surface area (TPSA) is 91.2 Å². The van der Waals surface area contributed by atoms with Crippen molar-refractivity contribution in [2.45, 2.75) is 45.3 Å². The van der Waals surface area contributed by atoms with Gasteiger partial charge in [0.2, 0.25) is 5.91 Å². The van der Waals surface area contributed by atoms with Gasteiger partial charge in [-0.3, -0.25) is 4.79 Å². The van der Waals surface area contributed by atoms with Gasteiger partial charge >= 0.3 is 6.09 Å². The van der Waals surface area contributed by atoms with Crippen LogP contribution in [0.3, 0.4) is 0 Å². The van der Waals surface area contributed by atoms with Crippen LogP contribution in [-0.4, -0.2) is 24.1 Å². The first-order valence-electron chi connectivity index (χ1n) is 9.00.